The van der Waals surface area contributed by atoms with Gasteiger partial charge in [0, 0.05) is 43.9 Å². The van der Waals surface area contributed by atoms with Crippen LogP contribution in [0.4, 0.5) is 0 Å². The van der Waals surface area contributed by atoms with Crippen molar-refractivity contribution in [1.82, 2.24) is 5.32 Å². The van der Waals surface area contributed by atoms with E-state index in [2.05, 4.69) is 19.2 Å². The molecule has 2 atom stereocenters. The van der Waals surface area contributed by atoms with Crippen molar-refractivity contribution in [2.75, 3.05) is 11.5 Å². The highest BCUT2D eigenvalue weighted by molar-refractivity contribution is 7.85. The van der Waals surface area contributed by atoms with E-state index >= 15 is 0 Å². The molecule has 1 saturated heterocycles. The van der Waals surface area contributed by atoms with E-state index in [4.69, 9.17) is 23.2 Å². The molecule has 0 radical (unpaired) electrons. The zero-order chi connectivity index (χ0) is 12.6. The molecule has 2 rings (SSSR count). The minimum absolute atomic E-state index is 0.0318. The number of hydrogen-bond acceptors (Lipinski definition) is 2. The first-order valence-electron chi connectivity index (χ1n) is 5.45. The fourth-order valence-electron chi connectivity index (χ4n) is 2.15. The second-order valence-corrected chi connectivity index (χ2v) is 7.34. The molecule has 0 aliphatic carbocycles. The Hall–Kier alpha value is -0.0900. The fraction of sp³-hybridized carbons (Fsp3) is 0.500. The van der Waals surface area contributed by atoms with Crippen molar-refractivity contribution in [2.24, 2.45) is 0 Å². The van der Waals surface area contributed by atoms with E-state index in [9.17, 15) is 4.21 Å². The number of rotatable bonds is 1. The van der Waals surface area contributed by atoms with Crippen molar-refractivity contribution < 1.29 is 4.21 Å². The standard InChI is InChI=1S/C12H15Cl2NOS/c1-12(2)7-17(16)6-11(15-12)9-4-3-8(13)5-10(9)14/h3-5,11,15H,6-7H2,1-2H3. The van der Waals surface area contributed by atoms with Crippen LogP contribution < -0.4 is 5.32 Å². The van der Waals surface area contributed by atoms with Gasteiger partial charge in [0.1, 0.15) is 0 Å². The molecular formula is C12H15Cl2NOS. The maximum Gasteiger partial charge on any atom is 0.0468 e. The average molecular weight is 292 g/mol. The summed E-state index contributed by atoms with van der Waals surface area (Å²) in [6.45, 7) is 4.11. The summed E-state index contributed by atoms with van der Waals surface area (Å²) in [6.07, 6.45) is 0. The van der Waals surface area contributed by atoms with E-state index in [1.807, 2.05) is 12.1 Å². The smallest absolute Gasteiger partial charge is 0.0468 e. The highest BCUT2D eigenvalue weighted by atomic mass is 35.5. The molecule has 1 aromatic rings. The molecule has 0 saturated carbocycles. The Morgan fingerprint density at radius 3 is 2.71 bits per heavy atom. The van der Waals surface area contributed by atoms with Crippen LogP contribution in [0.3, 0.4) is 0 Å². The Labute approximate surface area is 114 Å². The van der Waals surface area contributed by atoms with E-state index in [-0.39, 0.29) is 11.6 Å². The summed E-state index contributed by atoms with van der Waals surface area (Å²) in [7, 11) is -0.808. The van der Waals surface area contributed by atoms with Crippen molar-refractivity contribution in [2.45, 2.75) is 25.4 Å². The van der Waals surface area contributed by atoms with E-state index in [1.54, 1.807) is 6.07 Å². The molecule has 1 aromatic carbocycles. The number of nitrogens with one attached hydrogen (secondary N) is 1. The van der Waals surface area contributed by atoms with Gasteiger partial charge in [-0.15, -0.1) is 0 Å². The molecule has 1 aliphatic heterocycles. The monoisotopic (exact) mass is 291 g/mol. The Bertz CT molecular complexity index is 462. The average Bonchev–Trinajstić information content (AvgIpc) is 2.13. The normalized spacial score (nSPS) is 28.0. The lowest BCUT2D eigenvalue weighted by atomic mass is 10.0. The topological polar surface area (TPSA) is 29.1 Å². The van der Waals surface area contributed by atoms with Gasteiger partial charge in [-0.05, 0) is 31.5 Å². The predicted octanol–water partition coefficient (Wildman–Crippen LogP) is 3.17. The van der Waals surface area contributed by atoms with Crippen LogP contribution in [0.1, 0.15) is 25.5 Å². The van der Waals surface area contributed by atoms with Crippen molar-refractivity contribution in [1.29, 1.82) is 0 Å². The maximum atomic E-state index is 11.8. The summed E-state index contributed by atoms with van der Waals surface area (Å²) in [5, 5.41) is 4.73. The third-order valence-corrected chi connectivity index (χ3v) is 5.09. The predicted molar refractivity (Wildman–Crippen MR) is 74.3 cm³/mol. The molecule has 94 valence electrons. The van der Waals surface area contributed by atoms with Gasteiger partial charge in [-0.2, -0.15) is 0 Å². The SMILES string of the molecule is CC1(C)CS(=O)CC(c2ccc(Cl)cc2Cl)N1. The molecule has 1 aliphatic rings. The van der Waals surface area contributed by atoms with Crippen LogP contribution in [-0.2, 0) is 10.8 Å². The summed E-state index contributed by atoms with van der Waals surface area (Å²) in [6, 6.07) is 5.48. The Kier molecular flexibility index (Phi) is 3.83. The van der Waals surface area contributed by atoms with Crippen LogP contribution in [0, 0.1) is 0 Å². The van der Waals surface area contributed by atoms with Crippen LogP contribution in [0.15, 0.2) is 18.2 Å². The van der Waals surface area contributed by atoms with Crippen molar-refractivity contribution in [3.05, 3.63) is 33.8 Å². The summed E-state index contributed by atoms with van der Waals surface area (Å²) >= 11 is 12.1. The van der Waals surface area contributed by atoms with Gasteiger partial charge in [0.05, 0.1) is 0 Å². The third-order valence-electron chi connectivity index (χ3n) is 2.78. The molecule has 1 heterocycles. The lowest BCUT2D eigenvalue weighted by molar-refractivity contribution is 0.369. The summed E-state index contributed by atoms with van der Waals surface area (Å²) in [5.74, 6) is 1.28. The molecule has 0 bridgehead atoms. The third kappa shape index (κ3) is 3.22. The zero-order valence-electron chi connectivity index (χ0n) is 9.80. The first-order valence-corrected chi connectivity index (χ1v) is 7.69. The Morgan fingerprint density at radius 2 is 2.12 bits per heavy atom. The molecule has 1 N–H and O–H groups in total. The Balaban J connectivity index is 2.30. The fourth-order valence-corrected chi connectivity index (χ4v) is 4.33. The molecule has 1 fully saturated rings. The van der Waals surface area contributed by atoms with Crippen LogP contribution >= 0.6 is 23.2 Å². The highest BCUT2D eigenvalue weighted by Crippen LogP contribution is 2.30. The molecule has 0 aromatic heterocycles. The summed E-state index contributed by atoms with van der Waals surface area (Å²) in [4.78, 5) is 0. The van der Waals surface area contributed by atoms with Gasteiger partial charge >= 0.3 is 0 Å². The van der Waals surface area contributed by atoms with E-state index < -0.39 is 10.8 Å². The van der Waals surface area contributed by atoms with Gasteiger partial charge < -0.3 is 5.32 Å². The molecule has 2 unspecified atom stereocenters. The largest absolute Gasteiger partial charge is 0.303 e. The van der Waals surface area contributed by atoms with Crippen LogP contribution in [0.2, 0.25) is 10.0 Å². The summed E-state index contributed by atoms with van der Waals surface area (Å²) < 4.78 is 11.8. The van der Waals surface area contributed by atoms with Crippen LogP contribution in [-0.4, -0.2) is 21.3 Å². The zero-order valence-corrected chi connectivity index (χ0v) is 12.1. The quantitative estimate of drug-likeness (QED) is 0.861. The van der Waals surface area contributed by atoms with Crippen molar-refractivity contribution in [3.8, 4) is 0 Å². The minimum atomic E-state index is -0.808. The Morgan fingerprint density at radius 1 is 1.41 bits per heavy atom. The van der Waals surface area contributed by atoms with Gasteiger partial charge in [0.15, 0.2) is 0 Å². The van der Waals surface area contributed by atoms with Crippen molar-refractivity contribution >= 4 is 34.0 Å². The maximum absolute atomic E-state index is 11.8. The molecule has 2 nitrogen and oxygen atoms in total. The second kappa shape index (κ2) is 4.88. The van der Waals surface area contributed by atoms with E-state index in [0.29, 0.717) is 21.6 Å². The minimum Gasteiger partial charge on any atom is -0.303 e. The molecule has 5 heteroatoms. The molecule has 0 amide bonds. The van der Waals surface area contributed by atoms with Crippen molar-refractivity contribution in [3.63, 3.8) is 0 Å². The summed E-state index contributed by atoms with van der Waals surface area (Å²) in [5.41, 5.74) is 0.841. The first kappa shape index (κ1) is 13.3. The highest BCUT2D eigenvalue weighted by Gasteiger charge is 2.32. The lowest BCUT2D eigenvalue weighted by Gasteiger charge is -2.37. The van der Waals surface area contributed by atoms with Gasteiger partial charge in [-0.3, -0.25) is 4.21 Å². The van der Waals surface area contributed by atoms with Crippen LogP contribution in [0.5, 0.6) is 0 Å². The number of halogens is 2. The molecule has 0 spiro atoms. The van der Waals surface area contributed by atoms with Gasteiger partial charge in [0.25, 0.3) is 0 Å². The van der Waals surface area contributed by atoms with Gasteiger partial charge in [-0.1, -0.05) is 29.3 Å². The molecular weight excluding hydrogens is 277 g/mol. The first-order chi connectivity index (χ1) is 7.87. The molecule has 17 heavy (non-hydrogen) atoms. The van der Waals surface area contributed by atoms with E-state index in [0.717, 1.165) is 5.56 Å². The van der Waals surface area contributed by atoms with Gasteiger partial charge in [0.2, 0.25) is 0 Å². The van der Waals surface area contributed by atoms with Crippen LogP contribution in [0.25, 0.3) is 0 Å². The number of hydrogen-bond donors (Lipinski definition) is 1. The number of benzene rings is 1. The lowest BCUT2D eigenvalue weighted by Crippen LogP contribution is -2.52. The second-order valence-electron chi connectivity index (χ2n) is 5.00. The van der Waals surface area contributed by atoms with Gasteiger partial charge in [-0.25, -0.2) is 0 Å². The van der Waals surface area contributed by atoms with E-state index in [1.165, 1.54) is 0 Å².